The summed E-state index contributed by atoms with van der Waals surface area (Å²) in [6.45, 7) is 4.43. The number of H-pyrrole nitrogens is 1. The lowest BCUT2D eigenvalue weighted by Gasteiger charge is -2.33. The summed E-state index contributed by atoms with van der Waals surface area (Å²) in [5.74, 6) is 0.785. The molecule has 0 saturated carbocycles. The van der Waals surface area contributed by atoms with Crippen LogP contribution in [-0.2, 0) is 0 Å². The first-order valence-electron chi connectivity index (χ1n) is 10.8. The maximum atomic E-state index is 6.80. The highest BCUT2D eigenvalue weighted by Crippen LogP contribution is 2.42. The quantitative estimate of drug-likeness (QED) is 0.514. The van der Waals surface area contributed by atoms with E-state index in [2.05, 4.69) is 50.2 Å². The number of hydrogen-bond donors (Lipinski definition) is 2. The van der Waals surface area contributed by atoms with E-state index in [1.807, 2.05) is 42.7 Å². The van der Waals surface area contributed by atoms with Crippen molar-refractivity contribution in [3.8, 4) is 0 Å². The highest BCUT2D eigenvalue weighted by Gasteiger charge is 2.41. The molecule has 1 aromatic carbocycles. The second-order valence-electron chi connectivity index (χ2n) is 8.43. The van der Waals surface area contributed by atoms with E-state index >= 15 is 0 Å². The molecule has 3 aromatic rings. The number of pyridine rings is 1. The predicted molar refractivity (Wildman–Crippen MR) is 131 cm³/mol. The van der Waals surface area contributed by atoms with Crippen molar-refractivity contribution in [2.24, 2.45) is 5.92 Å². The van der Waals surface area contributed by atoms with E-state index in [1.54, 1.807) is 0 Å². The maximum Gasteiger partial charge on any atom is 0.174 e. The monoisotopic (exact) mass is 451 g/mol. The third-order valence-electron chi connectivity index (χ3n) is 6.37. The molecule has 2 N–H and O–H groups in total. The molecule has 0 unspecified atom stereocenters. The molecule has 0 bridgehead atoms. The van der Waals surface area contributed by atoms with E-state index < -0.39 is 0 Å². The molecule has 0 amide bonds. The van der Waals surface area contributed by atoms with Crippen molar-refractivity contribution in [2.45, 2.75) is 31.8 Å². The first-order chi connectivity index (χ1) is 15.1. The third-order valence-corrected chi connectivity index (χ3v) is 6.99. The van der Waals surface area contributed by atoms with E-state index in [4.69, 9.17) is 23.8 Å². The second kappa shape index (κ2) is 8.52. The standard InChI is InChI=1S/C24H26ClN5S/c1-16-9-13-29(14-10-16)21-8-7-17(15-18(21)25)30-23(20-6-4-12-27-20)22(28-24(30)31)19-5-2-3-11-26-19/h2-8,11-12,15-16,22-23,27H,9-10,13-14H2,1H3,(H,28,31)/t22-,23-/m1/s1. The lowest BCUT2D eigenvalue weighted by molar-refractivity contribution is 0.438. The molecule has 2 aliphatic heterocycles. The summed E-state index contributed by atoms with van der Waals surface area (Å²) in [6, 6.07) is 16.3. The van der Waals surface area contributed by atoms with Crippen LogP contribution in [0.15, 0.2) is 60.9 Å². The molecule has 7 heteroatoms. The molecule has 2 fully saturated rings. The Morgan fingerprint density at radius 1 is 1.10 bits per heavy atom. The SMILES string of the molecule is CC1CCN(c2ccc(N3C(=S)N[C@H](c4ccccn4)[C@H]3c3ccc[nH]3)cc2Cl)CC1. The number of hydrogen-bond acceptors (Lipinski definition) is 3. The van der Waals surface area contributed by atoms with Crippen LogP contribution >= 0.6 is 23.8 Å². The van der Waals surface area contributed by atoms with Crippen LogP contribution < -0.4 is 15.1 Å². The van der Waals surface area contributed by atoms with Gasteiger partial charge in [-0.05, 0) is 73.4 Å². The molecule has 2 aromatic heterocycles. The Hall–Kier alpha value is -2.57. The first-order valence-corrected chi connectivity index (χ1v) is 11.6. The minimum atomic E-state index is -0.0608. The van der Waals surface area contributed by atoms with Crippen molar-refractivity contribution >= 4 is 40.3 Å². The maximum absolute atomic E-state index is 6.80. The number of aromatic amines is 1. The fourth-order valence-electron chi connectivity index (χ4n) is 4.63. The molecule has 5 rings (SSSR count). The van der Waals surface area contributed by atoms with Crippen LogP contribution in [0.2, 0.25) is 5.02 Å². The van der Waals surface area contributed by atoms with E-state index in [0.29, 0.717) is 5.11 Å². The number of halogens is 1. The van der Waals surface area contributed by atoms with E-state index in [-0.39, 0.29) is 12.1 Å². The summed E-state index contributed by atoms with van der Waals surface area (Å²) in [4.78, 5) is 12.5. The van der Waals surface area contributed by atoms with Gasteiger partial charge < -0.3 is 20.1 Å². The molecule has 5 nitrogen and oxygen atoms in total. The molecule has 0 radical (unpaired) electrons. The lowest BCUT2D eigenvalue weighted by Crippen LogP contribution is -2.33. The highest BCUT2D eigenvalue weighted by molar-refractivity contribution is 7.80. The summed E-state index contributed by atoms with van der Waals surface area (Å²) in [5, 5.41) is 4.92. The smallest absolute Gasteiger partial charge is 0.174 e. The molecule has 2 atom stereocenters. The van der Waals surface area contributed by atoms with Gasteiger partial charge in [0.25, 0.3) is 0 Å². The lowest BCUT2D eigenvalue weighted by atomic mass is 9.98. The minimum absolute atomic E-state index is 0.0462. The van der Waals surface area contributed by atoms with Gasteiger partial charge in [0.1, 0.15) is 6.04 Å². The van der Waals surface area contributed by atoms with Crippen LogP contribution in [0.4, 0.5) is 11.4 Å². The molecule has 4 heterocycles. The van der Waals surface area contributed by atoms with Crippen LogP contribution in [-0.4, -0.2) is 28.2 Å². The van der Waals surface area contributed by atoms with Gasteiger partial charge in [-0.1, -0.05) is 24.6 Å². The van der Waals surface area contributed by atoms with Gasteiger partial charge in [0, 0.05) is 36.9 Å². The van der Waals surface area contributed by atoms with Crippen molar-refractivity contribution in [3.05, 3.63) is 77.3 Å². The van der Waals surface area contributed by atoms with Crippen molar-refractivity contribution in [2.75, 3.05) is 22.9 Å². The fourth-order valence-corrected chi connectivity index (χ4v) is 5.27. The number of aromatic nitrogens is 2. The van der Waals surface area contributed by atoms with Crippen molar-refractivity contribution in [1.82, 2.24) is 15.3 Å². The van der Waals surface area contributed by atoms with Crippen LogP contribution in [0.25, 0.3) is 0 Å². The fraction of sp³-hybridized carbons (Fsp3) is 0.333. The topological polar surface area (TPSA) is 47.2 Å². The third kappa shape index (κ3) is 3.90. The van der Waals surface area contributed by atoms with E-state index in [0.717, 1.165) is 46.8 Å². The summed E-state index contributed by atoms with van der Waals surface area (Å²) in [6.07, 6.45) is 6.18. The molecule has 2 aliphatic rings. The van der Waals surface area contributed by atoms with Crippen molar-refractivity contribution in [3.63, 3.8) is 0 Å². The molecule has 31 heavy (non-hydrogen) atoms. The van der Waals surface area contributed by atoms with Gasteiger partial charge in [0.05, 0.1) is 22.4 Å². The normalized spacial score (nSPS) is 22.1. The number of benzene rings is 1. The van der Waals surface area contributed by atoms with E-state index in [9.17, 15) is 0 Å². The highest BCUT2D eigenvalue weighted by atomic mass is 35.5. The average Bonchev–Trinajstić information content (AvgIpc) is 3.43. The van der Waals surface area contributed by atoms with Crippen LogP contribution in [0.5, 0.6) is 0 Å². The second-order valence-corrected chi connectivity index (χ2v) is 9.22. The molecule has 0 aliphatic carbocycles. The van der Waals surface area contributed by atoms with Gasteiger partial charge in [-0.2, -0.15) is 0 Å². The molecular weight excluding hydrogens is 426 g/mol. The predicted octanol–water partition coefficient (Wildman–Crippen LogP) is 5.48. The van der Waals surface area contributed by atoms with Crippen molar-refractivity contribution in [1.29, 1.82) is 0 Å². The number of rotatable bonds is 4. The minimum Gasteiger partial charge on any atom is -0.370 e. The van der Waals surface area contributed by atoms with E-state index in [1.165, 1.54) is 12.8 Å². The Kier molecular flexibility index (Phi) is 5.59. The number of anilines is 2. The number of nitrogens with one attached hydrogen (secondary N) is 2. The molecule has 0 spiro atoms. The number of piperidine rings is 1. The zero-order chi connectivity index (χ0) is 21.4. The van der Waals surface area contributed by atoms with Gasteiger partial charge >= 0.3 is 0 Å². The van der Waals surface area contributed by atoms with Gasteiger partial charge in [-0.3, -0.25) is 4.98 Å². The first kappa shape index (κ1) is 20.3. The van der Waals surface area contributed by atoms with Gasteiger partial charge in [-0.15, -0.1) is 0 Å². The number of thiocarbonyl (C=S) groups is 1. The Morgan fingerprint density at radius 3 is 2.61 bits per heavy atom. The van der Waals surface area contributed by atoms with Gasteiger partial charge in [-0.25, -0.2) is 0 Å². The molecule has 2 saturated heterocycles. The largest absolute Gasteiger partial charge is 0.370 e. The van der Waals surface area contributed by atoms with Gasteiger partial charge in [0.2, 0.25) is 0 Å². The summed E-state index contributed by atoms with van der Waals surface area (Å²) in [5.41, 5.74) is 4.12. The van der Waals surface area contributed by atoms with Crippen molar-refractivity contribution < 1.29 is 0 Å². The average molecular weight is 452 g/mol. The summed E-state index contributed by atoms with van der Waals surface area (Å²) < 4.78 is 0. The number of nitrogens with zero attached hydrogens (tertiary/aromatic N) is 3. The Bertz CT molecular complexity index is 1050. The summed E-state index contributed by atoms with van der Waals surface area (Å²) in [7, 11) is 0. The summed E-state index contributed by atoms with van der Waals surface area (Å²) >= 11 is 12.6. The zero-order valence-electron chi connectivity index (χ0n) is 17.5. The zero-order valence-corrected chi connectivity index (χ0v) is 19.0. The van der Waals surface area contributed by atoms with Crippen LogP contribution in [0, 0.1) is 5.92 Å². The Balaban J connectivity index is 1.49. The van der Waals surface area contributed by atoms with Crippen LogP contribution in [0.1, 0.15) is 43.2 Å². The molecular formula is C24H26ClN5S. The van der Waals surface area contributed by atoms with Gasteiger partial charge in [0.15, 0.2) is 5.11 Å². The Labute approximate surface area is 193 Å². The molecule has 160 valence electrons. The van der Waals surface area contributed by atoms with Crippen LogP contribution in [0.3, 0.4) is 0 Å². The Morgan fingerprint density at radius 2 is 1.94 bits per heavy atom.